The van der Waals surface area contributed by atoms with E-state index in [0.29, 0.717) is 30.9 Å². The Kier molecular flexibility index (Phi) is 9.70. The molecular formula is C15H29NO4S. The van der Waals surface area contributed by atoms with Crippen LogP contribution in [0.3, 0.4) is 0 Å². The van der Waals surface area contributed by atoms with Crippen molar-refractivity contribution in [2.45, 2.75) is 53.0 Å². The highest BCUT2D eigenvalue weighted by atomic mass is 32.2. The summed E-state index contributed by atoms with van der Waals surface area (Å²) in [6.07, 6.45) is 1.53. The molecule has 0 rings (SSSR count). The van der Waals surface area contributed by atoms with Crippen molar-refractivity contribution in [2.75, 3.05) is 18.1 Å². The number of aliphatic carboxylic acids is 1. The van der Waals surface area contributed by atoms with Crippen molar-refractivity contribution in [3.63, 3.8) is 0 Å². The fraction of sp³-hybridized carbons (Fsp3) is 0.867. The van der Waals surface area contributed by atoms with E-state index < -0.39 is 17.4 Å². The number of carbonyl (C=O) groups excluding carboxylic acids is 1. The normalized spacial score (nSPS) is 13.2. The van der Waals surface area contributed by atoms with Crippen molar-refractivity contribution in [3.8, 4) is 0 Å². The Bertz CT molecular complexity index is 330. The number of rotatable bonds is 11. The molecule has 1 atom stereocenters. The molecule has 0 aromatic rings. The molecule has 0 aliphatic heterocycles. The molecule has 5 nitrogen and oxygen atoms in total. The number of hydrogen-bond acceptors (Lipinski definition) is 4. The van der Waals surface area contributed by atoms with Crippen LogP contribution >= 0.6 is 11.8 Å². The van der Waals surface area contributed by atoms with Crippen molar-refractivity contribution in [1.82, 2.24) is 5.32 Å². The molecule has 0 saturated carbocycles. The fourth-order valence-electron chi connectivity index (χ4n) is 2.16. The maximum absolute atomic E-state index is 12.4. The van der Waals surface area contributed by atoms with Gasteiger partial charge in [0, 0.05) is 12.4 Å². The summed E-state index contributed by atoms with van der Waals surface area (Å²) in [5.74, 6) is 0.439. The maximum Gasteiger partial charge on any atom is 0.327 e. The fourth-order valence-corrected chi connectivity index (χ4v) is 3.23. The Balaban J connectivity index is 4.74. The topological polar surface area (TPSA) is 86.6 Å². The molecule has 1 amide bonds. The van der Waals surface area contributed by atoms with Crippen molar-refractivity contribution in [1.29, 1.82) is 0 Å². The van der Waals surface area contributed by atoms with Gasteiger partial charge in [0.2, 0.25) is 5.91 Å². The van der Waals surface area contributed by atoms with Crippen LogP contribution in [0.5, 0.6) is 0 Å². The molecule has 0 bridgehead atoms. The van der Waals surface area contributed by atoms with E-state index in [1.807, 2.05) is 13.8 Å². The largest absolute Gasteiger partial charge is 0.480 e. The SMILES string of the molecule is CCC(CC)(CCO)C(=O)N[C@@H](CSCC(C)C)C(=O)O. The molecule has 21 heavy (non-hydrogen) atoms. The Morgan fingerprint density at radius 2 is 1.76 bits per heavy atom. The molecule has 0 unspecified atom stereocenters. The molecule has 0 aliphatic rings. The Hall–Kier alpha value is -0.750. The molecule has 0 aromatic heterocycles. The molecule has 0 spiro atoms. The van der Waals surface area contributed by atoms with Gasteiger partial charge in [-0.15, -0.1) is 0 Å². The number of hydrogen-bond donors (Lipinski definition) is 3. The zero-order valence-corrected chi connectivity index (χ0v) is 14.3. The highest BCUT2D eigenvalue weighted by Gasteiger charge is 2.36. The molecule has 0 fully saturated rings. The van der Waals surface area contributed by atoms with E-state index in [0.717, 1.165) is 5.75 Å². The number of aliphatic hydroxyl groups excluding tert-OH is 1. The molecule has 124 valence electrons. The highest BCUT2D eigenvalue weighted by molar-refractivity contribution is 7.99. The Morgan fingerprint density at radius 1 is 1.19 bits per heavy atom. The van der Waals surface area contributed by atoms with Crippen molar-refractivity contribution < 1.29 is 19.8 Å². The number of aliphatic hydroxyl groups is 1. The number of amides is 1. The second-order valence-electron chi connectivity index (χ2n) is 5.76. The minimum absolute atomic E-state index is 0.0745. The number of carboxylic acids is 1. The zero-order valence-electron chi connectivity index (χ0n) is 13.5. The van der Waals surface area contributed by atoms with Gasteiger partial charge in [-0.2, -0.15) is 11.8 Å². The summed E-state index contributed by atoms with van der Waals surface area (Å²) in [6, 6.07) is -0.877. The van der Waals surface area contributed by atoms with Gasteiger partial charge in [-0.3, -0.25) is 4.79 Å². The van der Waals surface area contributed by atoms with Crippen LogP contribution in [0.1, 0.15) is 47.0 Å². The Labute approximate surface area is 131 Å². The van der Waals surface area contributed by atoms with Gasteiger partial charge in [-0.25, -0.2) is 4.79 Å². The molecule has 0 aromatic carbocycles. The third-order valence-corrected chi connectivity index (χ3v) is 5.24. The zero-order chi connectivity index (χ0) is 16.5. The third kappa shape index (κ3) is 6.70. The summed E-state index contributed by atoms with van der Waals surface area (Å²) in [5.41, 5.74) is -0.675. The molecule has 3 N–H and O–H groups in total. The quantitative estimate of drug-likeness (QED) is 0.543. The first kappa shape index (κ1) is 20.2. The van der Waals surface area contributed by atoms with Crippen LogP contribution in [0.2, 0.25) is 0 Å². The number of thioether (sulfide) groups is 1. The average Bonchev–Trinajstić information content (AvgIpc) is 2.43. The monoisotopic (exact) mass is 319 g/mol. The summed E-state index contributed by atoms with van der Waals surface area (Å²) >= 11 is 1.53. The summed E-state index contributed by atoms with van der Waals surface area (Å²) in [6.45, 7) is 7.85. The van der Waals surface area contributed by atoms with Crippen LogP contribution < -0.4 is 5.32 Å². The first-order valence-corrected chi connectivity index (χ1v) is 8.70. The standard InChI is InChI=1S/C15H29NO4S/c1-5-15(6-2,7-8-17)14(20)16-12(13(18)19)10-21-9-11(3)4/h11-12,17H,5-10H2,1-4H3,(H,16,20)(H,18,19)/t12-/m0/s1. The van der Waals surface area contributed by atoms with Gasteiger partial charge in [0.1, 0.15) is 6.04 Å². The molecule has 0 saturated heterocycles. The maximum atomic E-state index is 12.4. The summed E-state index contributed by atoms with van der Waals surface area (Å²) in [7, 11) is 0. The molecular weight excluding hydrogens is 290 g/mol. The lowest BCUT2D eigenvalue weighted by molar-refractivity contribution is -0.143. The van der Waals surface area contributed by atoms with Gasteiger partial charge in [-0.05, 0) is 30.9 Å². The number of carboxylic acid groups (broad SMARTS) is 1. The summed E-state index contributed by atoms with van der Waals surface area (Å²) < 4.78 is 0. The minimum atomic E-state index is -1.01. The summed E-state index contributed by atoms with van der Waals surface area (Å²) in [5, 5.41) is 21.1. The number of carbonyl (C=O) groups is 2. The lowest BCUT2D eigenvalue weighted by atomic mass is 9.78. The first-order valence-electron chi connectivity index (χ1n) is 7.55. The van der Waals surface area contributed by atoms with Crippen molar-refractivity contribution in [3.05, 3.63) is 0 Å². The predicted molar refractivity (Wildman–Crippen MR) is 86.4 cm³/mol. The Morgan fingerprint density at radius 3 is 2.14 bits per heavy atom. The van der Waals surface area contributed by atoms with E-state index in [1.165, 1.54) is 11.8 Å². The van der Waals surface area contributed by atoms with E-state index in [9.17, 15) is 14.7 Å². The predicted octanol–water partition coefficient (Wildman–Crippen LogP) is 2.13. The van der Waals surface area contributed by atoms with Gasteiger partial charge >= 0.3 is 5.97 Å². The smallest absolute Gasteiger partial charge is 0.327 e. The minimum Gasteiger partial charge on any atom is -0.480 e. The van der Waals surface area contributed by atoms with Crippen LogP contribution in [0.15, 0.2) is 0 Å². The second-order valence-corrected chi connectivity index (χ2v) is 6.83. The summed E-state index contributed by atoms with van der Waals surface area (Å²) in [4.78, 5) is 23.7. The van der Waals surface area contributed by atoms with Gasteiger partial charge < -0.3 is 15.5 Å². The van der Waals surface area contributed by atoms with E-state index >= 15 is 0 Å². The van der Waals surface area contributed by atoms with E-state index in [1.54, 1.807) is 0 Å². The first-order chi connectivity index (χ1) is 9.82. The third-order valence-electron chi connectivity index (χ3n) is 3.76. The van der Waals surface area contributed by atoms with Gasteiger partial charge in [0.15, 0.2) is 0 Å². The van der Waals surface area contributed by atoms with Crippen LogP contribution in [-0.2, 0) is 9.59 Å². The van der Waals surface area contributed by atoms with Gasteiger partial charge in [0.25, 0.3) is 0 Å². The van der Waals surface area contributed by atoms with E-state index in [2.05, 4.69) is 19.2 Å². The molecule has 0 radical (unpaired) electrons. The second kappa shape index (κ2) is 10.1. The average molecular weight is 319 g/mol. The van der Waals surface area contributed by atoms with Crippen molar-refractivity contribution >= 4 is 23.6 Å². The number of nitrogens with one attached hydrogen (secondary N) is 1. The van der Waals surface area contributed by atoms with Gasteiger partial charge in [0.05, 0.1) is 5.41 Å². The van der Waals surface area contributed by atoms with E-state index in [-0.39, 0.29) is 12.5 Å². The molecule has 0 aliphatic carbocycles. The van der Waals surface area contributed by atoms with Crippen LogP contribution in [-0.4, -0.2) is 46.2 Å². The lowest BCUT2D eigenvalue weighted by Crippen LogP contribution is -2.49. The van der Waals surface area contributed by atoms with E-state index in [4.69, 9.17) is 5.11 Å². The highest BCUT2D eigenvalue weighted by Crippen LogP contribution is 2.30. The van der Waals surface area contributed by atoms with Crippen molar-refractivity contribution in [2.24, 2.45) is 11.3 Å². The van der Waals surface area contributed by atoms with Crippen LogP contribution in [0.25, 0.3) is 0 Å². The van der Waals surface area contributed by atoms with Crippen LogP contribution in [0, 0.1) is 11.3 Å². The lowest BCUT2D eigenvalue weighted by Gasteiger charge is -2.31. The molecule has 0 heterocycles. The van der Waals surface area contributed by atoms with Gasteiger partial charge in [-0.1, -0.05) is 27.7 Å². The van der Waals surface area contributed by atoms with Crippen LogP contribution in [0.4, 0.5) is 0 Å². The molecule has 6 heteroatoms.